The highest BCUT2D eigenvalue weighted by atomic mass is 16.7. The molecule has 138 valence electrons. The number of rotatable bonds is 6. The molecule has 1 aliphatic rings. The molecule has 1 atom stereocenters. The van der Waals surface area contributed by atoms with Gasteiger partial charge < -0.3 is 19.7 Å². The molecule has 5 heteroatoms. The van der Waals surface area contributed by atoms with Gasteiger partial charge in [-0.05, 0) is 30.7 Å². The predicted octanol–water partition coefficient (Wildman–Crippen LogP) is 3.25. The summed E-state index contributed by atoms with van der Waals surface area (Å²) in [6.07, 6.45) is 0.703. The molecule has 5 nitrogen and oxygen atoms in total. The van der Waals surface area contributed by atoms with Crippen molar-refractivity contribution in [2.45, 2.75) is 18.8 Å². The minimum absolute atomic E-state index is 0.0354. The number of hydrogen-bond donors (Lipinski definition) is 1. The number of amidine groups is 1. The first-order valence-corrected chi connectivity index (χ1v) is 9.04. The molecule has 26 heavy (non-hydrogen) atoms. The lowest BCUT2D eigenvalue weighted by atomic mass is 10.0. The van der Waals surface area contributed by atoms with E-state index in [-0.39, 0.29) is 12.3 Å². The third-order valence-electron chi connectivity index (χ3n) is 4.57. The van der Waals surface area contributed by atoms with Crippen LogP contribution < -0.4 is 10.2 Å². The van der Waals surface area contributed by atoms with Gasteiger partial charge in [0.05, 0.1) is 12.6 Å². The first kappa shape index (κ1) is 18.6. The molecule has 1 unspecified atom stereocenters. The smallest absolute Gasteiger partial charge is 0.176 e. The van der Waals surface area contributed by atoms with Crippen molar-refractivity contribution in [1.29, 1.82) is 0 Å². The van der Waals surface area contributed by atoms with Crippen LogP contribution >= 0.6 is 0 Å². The highest BCUT2D eigenvalue weighted by Crippen LogP contribution is 2.25. The Kier molecular flexibility index (Phi) is 6.77. The van der Waals surface area contributed by atoms with E-state index in [0.29, 0.717) is 6.54 Å². The summed E-state index contributed by atoms with van der Waals surface area (Å²) >= 11 is 0. The van der Waals surface area contributed by atoms with Crippen LogP contribution in [0.2, 0.25) is 0 Å². The van der Waals surface area contributed by atoms with Crippen LogP contribution in [0.25, 0.3) is 0 Å². The molecule has 1 aliphatic heterocycles. The molecule has 0 spiro atoms. The van der Waals surface area contributed by atoms with Crippen LogP contribution in [-0.4, -0.2) is 46.0 Å². The van der Waals surface area contributed by atoms with E-state index >= 15 is 0 Å². The number of para-hydroxylation sites is 1. The van der Waals surface area contributed by atoms with Gasteiger partial charge in [-0.2, -0.15) is 0 Å². The topological polar surface area (TPSA) is 46.1 Å². The molecule has 1 saturated heterocycles. The van der Waals surface area contributed by atoms with Crippen LogP contribution in [0.1, 0.15) is 18.0 Å². The zero-order valence-corrected chi connectivity index (χ0v) is 15.5. The Morgan fingerprint density at radius 1 is 1.04 bits per heavy atom. The predicted molar refractivity (Wildman–Crippen MR) is 106 cm³/mol. The Hall–Kier alpha value is -2.21. The van der Waals surface area contributed by atoms with Crippen molar-refractivity contribution in [1.82, 2.24) is 5.32 Å². The number of nitrogens with one attached hydrogen (secondary N) is 1. The number of nitrogens with zero attached hydrogens (tertiary/aromatic N) is 2. The highest BCUT2D eigenvalue weighted by molar-refractivity contribution is 6.02. The van der Waals surface area contributed by atoms with Crippen molar-refractivity contribution >= 4 is 11.5 Å². The summed E-state index contributed by atoms with van der Waals surface area (Å²) < 4.78 is 10.7. The Morgan fingerprint density at radius 3 is 2.35 bits per heavy atom. The molecule has 2 aromatic rings. The van der Waals surface area contributed by atoms with E-state index in [0.717, 1.165) is 31.0 Å². The molecule has 0 amide bonds. The first-order chi connectivity index (χ1) is 12.8. The Labute approximate surface area is 155 Å². The average molecular weight is 353 g/mol. The fraction of sp³-hybridized carbons (Fsp3) is 0.381. The number of methoxy groups -OCH3 is 2. The van der Waals surface area contributed by atoms with Crippen LogP contribution in [0.3, 0.4) is 0 Å². The summed E-state index contributed by atoms with van der Waals surface area (Å²) in [5.74, 6) is 0.999. The number of anilines is 1. The zero-order chi connectivity index (χ0) is 18.2. The van der Waals surface area contributed by atoms with Crippen LogP contribution in [0.5, 0.6) is 0 Å². The van der Waals surface area contributed by atoms with Gasteiger partial charge in [0.25, 0.3) is 0 Å². The van der Waals surface area contributed by atoms with Gasteiger partial charge in [-0.15, -0.1) is 0 Å². The number of hydrogen-bond acceptors (Lipinski definition) is 4. The zero-order valence-electron chi connectivity index (χ0n) is 15.5. The van der Waals surface area contributed by atoms with Gasteiger partial charge in [-0.3, -0.25) is 4.99 Å². The van der Waals surface area contributed by atoms with Gasteiger partial charge in [0.15, 0.2) is 6.29 Å². The van der Waals surface area contributed by atoms with E-state index in [1.165, 1.54) is 5.56 Å². The van der Waals surface area contributed by atoms with E-state index in [9.17, 15) is 0 Å². The second kappa shape index (κ2) is 9.48. The number of aliphatic imine (C=N–C) groups is 1. The normalized spacial score (nSPS) is 19.7. The van der Waals surface area contributed by atoms with Crippen molar-refractivity contribution in [3.8, 4) is 0 Å². The van der Waals surface area contributed by atoms with E-state index in [2.05, 4.69) is 58.7 Å². The van der Waals surface area contributed by atoms with Gasteiger partial charge in [0.1, 0.15) is 5.84 Å². The molecule has 3 rings (SSSR count). The maximum absolute atomic E-state index is 5.34. The summed E-state index contributed by atoms with van der Waals surface area (Å²) in [6.45, 7) is 2.32. The van der Waals surface area contributed by atoms with E-state index < -0.39 is 0 Å². The largest absolute Gasteiger partial charge is 0.354 e. The second-order valence-electron chi connectivity index (χ2n) is 6.24. The maximum atomic E-state index is 5.34. The first-order valence-electron chi connectivity index (χ1n) is 9.04. The molecule has 0 radical (unpaired) electrons. The molecule has 1 heterocycles. The third kappa shape index (κ3) is 4.49. The lowest BCUT2D eigenvalue weighted by molar-refractivity contribution is -0.0937. The Balaban J connectivity index is 1.99. The van der Waals surface area contributed by atoms with Gasteiger partial charge in [-0.25, -0.2) is 0 Å². The summed E-state index contributed by atoms with van der Waals surface area (Å²) in [6, 6.07) is 20.9. The summed E-state index contributed by atoms with van der Waals surface area (Å²) in [5, 5.41) is 3.65. The molecule has 2 aromatic carbocycles. The third-order valence-corrected chi connectivity index (χ3v) is 4.57. The average Bonchev–Trinajstić information content (AvgIpc) is 2.93. The molecule has 1 fully saturated rings. The van der Waals surface area contributed by atoms with Crippen molar-refractivity contribution in [2.24, 2.45) is 4.99 Å². The van der Waals surface area contributed by atoms with Crippen molar-refractivity contribution in [3.05, 3.63) is 66.2 Å². The molecule has 0 aliphatic carbocycles. The van der Waals surface area contributed by atoms with E-state index in [1.807, 2.05) is 12.1 Å². The second-order valence-corrected chi connectivity index (χ2v) is 6.24. The van der Waals surface area contributed by atoms with Crippen LogP contribution in [-0.2, 0) is 9.47 Å². The van der Waals surface area contributed by atoms with Crippen LogP contribution in [0.4, 0.5) is 5.69 Å². The summed E-state index contributed by atoms with van der Waals surface area (Å²) in [5.41, 5.74) is 2.36. The highest BCUT2D eigenvalue weighted by Gasteiger charge is 2.27. The fourth-order valence-corrected chi connectivity index (χ4v) is 3.22. The van der Waals surface area contributed by atoms with E-state index in [1.54, 1.807) is 14.2 Å². The van der Waals surface area contributed by atoms with Gasteiger partial charge in [0, 0.05) is 26.5 Å². The lowest BCUT2D eigenvalue weighted by Gasteiger charge is -2.29. The van der Waals surface area contributed by atoms with Crippen molar-refractivity contribution in [3.63, 3.8) is 0 Å². The van der Waals surface area contributed by atoms with Crippen LogP contribution in [0, 0.1) is 0 Å². The fourth-order valence-electron chi connectivity index (χ4n) is 3.22. The number of ether oxygens (including phenoxy) is 2. The van der Waals surface area contributed by atoms with Crippen LogP contribution in [0.15, 0.2) is 65.7 Å². The Bertz CT molecular complexity index is 635. The maximum Gasteiger partial charge on any atom is 0.176 e. The molecule has 0 saturated carbocycles. The molecule has 0 bridgehead atoms. The quantitative estimate of drug-likeness (QED) is 0.810. The molecular formula is C21H27N3O2. The standard InChI is InChI=1S/C21H27N3O2/c1-25-19(26-2)16-23-21-20(17-10-5-3-6-11-17)22-14-9-15-24(21)18-12-7-4-8-13-18/h3-8,10-13,19-20,22H,9,14-16H2,1-2H3/b23-21-. The Morgan fingerprint density at radius 2 is 1.69 bits per heavy atom. The number of benzene rings is 2. The van der Waals surface area contributed by atoms with Gasteiger partial charge >= 0.3 is 0 Å². The molecule has 1 N–H and O–H groups in total. The van der Waals surface area contributed by atoms with Gasteiger partial charge in [-0.1, -0.05) is 48.5 Å². The SMILES string of the molecule is COC(C/N=C1/C(c2ccccc2)NCCCN1c1ccccc1)OC. The summed E-state index contributed by atoms with van der Waals surface area (Å²) in [7, 11) is 3.28. The molecule has 0 aromatic heterocycles. The minimum atomic E-state index is -0.347. The lowest BCUT2D eigenvalue weighted by Crippen LogP contribution is -2.39. The monoisotopic (exact) mass is 353 g/mol. The van der Waals surface area contributed by atoms with Crippen molar-refractivity contribution < 1.29 is 9.47 Å². The summed E-state index contributed by atoms with van der Waals surface area (Å²) in [4.78, 5) is 7.24. The van der Waals surface area contributed by atoms with E-state index in [4.69, 9.17) is 14.5 Å². The van der Waals surface area contributed by atoms with Gasteiger partial charge in [0.2, 0.25) is 0 Å². The molecular weight excluding hydrogens is 326 g/mol. The van der Waals surface area contributed by atoms with Crippen molar-refractivity contribution in [2.75, 3.05) is 38.8 Å². The minimum Gasteiger partial charge on any atom is -0.354 e.